The van der Waals surface area contributed by atoms with E-state index < -0.39 is 11.6 Å². The lowest BCUT2D eigenvalue weighted by molar-refractivity contribution is 0.235. The Morgan fingerprint density at radius 1 is 1.04 bits per heavy atom. The molecular weight excluding hydrogens is 358 g/mol. The van der Waals surface area contributed by atoms with Crippen molar-refractivity contribution in [3.8, 4) is 11.4 Å². The molecule has 3 aromatic rings. The molecule has 0 spiro atoms. The van der Waals surface area contributed by atoms with Gasteiger partial charge in [0.1, 0.15) is 11.6 Å². The van der Waals surface area contributed by atoms with E-state index in [1.165, 1.54) is 0 Å². The Morgan fingerprint density at radius 2 is 1.77 bits per heavy atom. The minimum Gasteiger partial charge on any atom is -0.294 e. The number of halogens is 3. The van der Waals surface area contributed by atoms with Crippen molar-refractivity contribution in [2.45, 2.75) is 19.5 Å². The first-order valence-electron chi connectivity index (χ1n) is 8.21. The molecule has 1 aliphatic heterocycles. The molecule has 0 amide bonds. The molecule has 2 aromatic heterocycles. The van der Waals surface area contributed by atoms with Crippen LogP contribution in [0.2, 0.25) is 5.02 Å². The molecule has 0 radical (unpaired) electrons. The molecule has 0 saturated carbocycles. The fourth-order valence-electron chi connectivity index (χ4n) is 3.06. The maximum Gasteiger partial charge on any atom is 0.159 e. The van der Waals surface area contributed by atoms with E-state index in [0.717, 1.165) is 29.2 Å². The van der Waals surface area contributed by atoms with Crippen molar-refractivity contribution < 1.29 is 8.78 Å². The number of hydrogen-bond acceptors (Lipinski definition) is 4. The summed E-state index contributed by atoms with van der Waals surface area (Å²) >= 11 is 5.92. The third-order valence-corrected chi connectivity index (χ3v) is 4.70. The number of pyridine rings is 1. The average Bonchev–Trinajstić information content (AvgIpc) is 2.65. The van der Waals surface area contributed by atoms with Crippen LogP contribution in [0.3, 0.4) is 0 Å². The lowest BCUT2D eigenvalue weighted by Crippen LogP contribution is -2.31. The highest BCUT2D eigenvalue weighted by atomic mass is 35.5. The summed E-state index contributed by atoms with van der Waals surface area (Å²) in [6.45, 7) is 1.42. The van der Waals surface area contributed by atoms with Crippen LogP contribution in [0.15, 0.2) is 42.9 Å². The summed E-state index contributed by atoms with van der Waals surface area (Å²) in [5, 5.41) is 0.665. The molecule has 26 heavy (non-hydrogen) atoms. The van der Waals surface area contributed by atoms with Crippen molar-refractivity contribution in [3.05, 3.63) is 76.3 Å². The molecule has 7 heteroatoms. The number of rotatable bonds is 3. The van der Waals surface area contributed by atoms with E-state index in [0.29, 0.717) is 30.4 Å². The first kappa shape index (κ1) is 17.0. The van der Waals surface area contributed by atoms with E-state index in [1.807, 2.05) is 17.0 Å². The van der Waals surface area contributed by atoms with Gasteiger partial charge in [0.15, 0.2) is 5.82 Å². The molecule has 0 saturated heterocycles. The average molecular weight is 373 g/mol. The maximum atomic E-state index is 13.8. The molecule has 132 valence electrons. The highest BCUT2D eigenvalue weighted by Gasteiger charge is 2.21. The Kier molecular flexibility index (Phi) is 4.61. The molecule has 0 atom stereocenters. The number of benzene rings is 1. The van der Waals surface area contributed by atoms with Crippen LogP contribution in [0.5, 0.6) is 0 Å². The second-order valence-corrected chi connectivity index (χ2v) is 6.65. The summed E-state index contributed by atoms with van der Waals surface area (Å²) in [6, 6.07) is 7.38. The normalized spacial score (nSPS) is 14.3. The van der Waals surface area contributed by atoms with Gasteiger partial charge in [0.2, 0.25) is 0 Å². The zero-order valence-corrected chi connectivity index (χ0v) is 14.5. The van der Waals surface area contributed by atoms with Crippen LogP contribution in [-0.2, 0) is 19.5 Å². The van der Waals surface area contributed by atoms with Crippen LogP contribution in [0, 0.1) is 11.6 Å². The molecule has 0 bridgehead atoms. The molecular formula is C19H15ClF2N4. The Hall–Kier alpha value is -2.44. The van der Waals surface area contributed by atoms with Gasteiger partial charge in [-0.2, -0.15) is 0 Å². The van der Waals surface area contributed by atoms with Gasteiger partial charge in [-0.05, 0) is 24.3 Å². The van der Waals surface area contributed by atoms with E-state index in [-0.39, 0.29) is 12.1 Å². The Labute approximate surface area is 154 Å². The van der Waals surface area contributed by atoms with Gasteiger partial charge < -0.3 is 0 Å². The van der Waals surface area contributed by atoms with Crippen LogP contribution in [0.1, 0.15) is 16.8 Å². The predicted molar refractivity (Wildman–Crippen MR) is 94.4 cm³/mol. The number of hydrogen-bond donors (Lipinski definition) is 0. The smallest absolute Gasteiger partial charge is 0.159 e. The van der Waals surface area contributed by atoms with E-state index in [2.05, 4.69) is 15.0 Å². The fourth-order valence-corrected chi connectivity index (χ4v) is 3.19. The summed E-state index contributed by atoms with van der Waals surface area (Å²) in [6.07, 6.45) is 4.57. The van der Waals surface area contributed by atoms with Crippen molar-refractivity contribution in [2.24, 2.45) is 0 Å². The highest BCUT2D eigenvalue weighted by Crippen LogP contribution is 2.24. The largest absolute Gasteiger partial charge is 0.294 e. The summed E-state index contributed by atoms with van der Waals surface area (Å²) in [4.78, 5) is 14.6. The van der Waals surface area contributed by atoms with Crippen molar-refractivity contribution in [3.63, 3.8) is 0 Å². The van der Waals surface area contributed by atoms with Crippen LogP contribution in [0.4, 0.5) is 8.78 Å². The van der Waals surface area contributed by atoms with Gasteiger partial charge in [0, 0.05) is 54.0 Å². The Balaban J connectivity index is 1.54. The summed E-state index contributed by atoms with van der Waals surface area (Å²) in [5.74, 6) is -0.588. The van der Waals surface area contributed by atoms with E-state index in [4.69, 9.17) is 11.6 Å². The molecule has 3 heterocycles. The zero-order valence-electron chi connectivity index (χ0n) is 13.8. The van der Waals surface area contributed by atoms with Gasteiger partial charge in [-0.15, -0.1) is 0 Å². The monoisotopic (exact) mass is 372 g/mol. The first-order chi connectivity index (χ1) is 12.6. The molecule has 0 fully saturated rings. The quantitative estimate of drug-likeness (QED) is 0.696. The number of aromatic nitrogens is 3. The molecule has 0 N–H and O–H groups in total. The Morgan fingerprint density at radius 3 is 2.50 bits per heavy atom. The van der Waals surface area contributed by atoms with Crippen LogP contribution >= 0.6 is 11.6 Å². The van der Waals surface area contributed by atoms with Crippen LogP contribution in [-0.4, -0.2) is 26.4 Å². The molecule has 0 unspecified atom stereocenters. The lowest BCUT2D eigenvalue weighted by atomic mass is 10.1. The molecule has 1 aromatic carbocycles. The maximum absolute atomic E-state index is 13.8. The molecule has 0 aliphatic carbocycles. The topological polar surface area (TPSA) is 41.9 Å². The van der Waals surface area contributed by atoms with E-state index in [1.54, 1.807) is 18.3 Å². The Bertz CT molecular complexity index is 927. The van der Waals surface area contributed by atoms with Crippen LogP contribution in [0.25, 0.3) is 11.4 Å². The van der Waals surface area contributed by atoms with Gasteiger partial charge in [0.05, 0.1) is 18.1 Å². The fraction of sp³-hybridized carbons (Fsp3) is 0.211. The van der Waals surface area contributed by atoms with Crippen molar-refractivity contribution >= 4 is 11.6 Å². The lowest BCUT2D eigenvalue weighted by Gasteiger charge is -2.28. The third-order valence-electron chi connectivity index (χ3n) is 4.45. The summed E-state index contributed by atoms with van der Waals surface area (Å²) in [5.41, 5.74) is 2.89. The highest BCUT2D eigenvalue weighted by molar-refractivity contribution is 6.30. The second kappa shape index (κ2) is 7.05. The van der Waals surface area contributed by atoms with Crippen molar-refractivity contribution in [1.29, 1.82) is 0 Å². The summed E-state index contributed by atoms with van der Waals surface area (Å²) < 4.78 is 27.6. The zero-order chi connectivity index (χ0) is 18.1. The first-order valence-corrected chi connectivity index (χ1v) is 8.59. The minimum atomic E-state index is -0.620. The standard InChI is InChI=1S/C19H15ClF2N4/c20-14-3-1-12(2-4-14)19-24-7-13-10-26(6-5-18(13)25-19)11-15-16(21)8-23-9-17(15)22/h1-4,7-9H,5-6,10-11H2. The van der Waals surface area contributed by atoms with Crippen molar-refractivity contribution in [2.75, 3.05) is 6.54 Å². The minimum absolute atomic E-state index is 0.0437. The van der Waals surface area contributed by atoms with Crippen molar-refractivity contribution in [1.82, 2.24) is 19.9 Å². The van der Waals surface area contributed by atoms with Gasteiger partial charge in [-0.25, -0.2) is 18.7 Å². The van der Waals surface area contributed by atoms with Crippen LogP contribution < -0.4 is 0 Å². The molecule has 1 aliphatic rings. The van der Waals surface area contributed by atoms with E-state index >= 15 is 0 Å². The number of fused-ring (bicyclic) bond motifs is 1. The molecule has 4 nitrogen and oxygen atoms in total. The van der Waals surface area contributed by atoms with Gasteiger partial charge in [-0.1, -0.05) is 11.6 Å². The van der Waals surface area contributed by atoms with Gasteiger partial charge in [0.25, 0.3) is 0 Å². The number of nitrogens with zero attached hydrogens (tertiary/aromatic N) is 4. The molecule has 4 rings (SSSR count). The third kappa shape index (κ3) is 3.43. The second-order valence-electron chi connectivity index (χ2n) is 6.21. The predicted octanol–water partition coefficient (Wildman–Crippen LogP) is 4.03. The van der Waals surface area contributed by atoms with Gasteiger partial charge in [-0.3, -0.25) is 9.88 Å². The SMILES string of the molecule is Fc1cncc(F)c1CN1CCc2nc(-c3ccc(Cl)cc3)ncc2C1. The summed E-state index contributed by atoms with van der Waals surface area (Å²) in [7, 11) is 0. The van der Waals surface area contributed by atoms with E-state index in [9.17, 15) is 8.78 Å². The van der Waals surface area contributed by atoms with Gasteiger partial charge >= 0.3 is 0 Å².